The summed E-state index contributed by atoms with van der Waals surface area (Å²) in [5.74, 6) is -2.34. The molecule has 0 spiro atoms. The van der Waals surface area contributed by atoms with Gasteiger partial charge >= 0.3 is 11.9 Å². The zero-order chi connectivity index (χ0) is 18.0. The molecule has 0 saturated carbocycles. The number of thiophene rings is 1. The van der Waals surface area contributed by atoms with Crippen LogP contribution in [0.5, 0.6) is 0 Å². The number of fused-ring (bicyclic) bond motifs is 1. The number of hydrogen-bond donors (Lipinski definition) is 3. The number of anilines is 1. The fraction of sp³-hybridized carbons (Fsp3) is 0.588. The van der Waals surface area contributed by atoms with E-state index in [-0.39, 0.29) is 23.9 Å². The minimum Gasteiger partial charge on any atom is -0.481 e. The van der Waals surface area contributed by atoms with E-state index in [1.54, 1.807) is 0 Å². The van der Waals surface area contributed by atoms with E-state index in [4.69, 9.17) is 5.11 Å². The number of aliphatic carboxylic acids is 1. The van der Waals surface area contributed by atoms with Crippen molar-refractivity contribution in [3.05, 3.63) is 16.0 Å². The van der Waals surface area contributed by atoms with Crippen LogP contribution in [0.1, 0.15) is 46.5 Å². The Kier molecular flexibility index (Phi) is 5.39. The second-order valence-electron chi connectivity index (χ2n) is 6.66. The molecule has 136 valence electrons. The summed E-state index contributed by atoms with van der Waals surface area (Å²) in [5.41, 5.74) is 1.12. The Labute approximate surface area is 149 Å². The van der Waals surface area contributed by atoms with Gasteiger partial charge in [0.2, 0.25) is 5.91 Å². The number of carbonyl (C=O) groups is 3. The molecule has 1 aromatic heterocycles. The topological polar surface area (TPSA) is 107 Å². The molecule has 2 heterocycles. The number of aromatic carboxylic acids is 1. The molecule has 7 nitrogen and oxygen atoms in total. The van der Waals surface area contributed by atoms with E-state index in [9.17, 15) is 19.5 Å². The van der Waals surface area contributed by atoms with Crippen LogP contribution in [0.3, 0.4) is 0 Å². The molecular weight excluding hydrogens is 344 g/mol. The summed E-state index contributed by atoms with van der Waals surface area (Å²) in [6, 6.07) is 0. The summed E-state index contributed by atoms with van der Waals surface area (Å²) >= 11 is 1.38. The van der Waals surface area contributed by atoms with Crippen LogP contribution in [0.2, 0.25) is 0 Å². The number of nitrogens with one attached hydrogen (secondary N) is 1. The minimum atomic E-state index is -0.989. The fourth-order valence-corrected chi connectivity index (χ4v) is 4.89. The van der Waals surface area contributed by atoms with Crippen molar-refractivity contribution >= 4 is 34.2 Å². The smallest absolute Gasteiger partial charge is 0.339 e. The maximum atomic E-state index is 12.3. The van der Waals surface area contributed by atoms with Crippen molar-refractivity contribution in [2.75, 3.05) is 25.0 Å². The van der Waals surface area contributed by atoms with Crippen LogP contribution in [0.25, 0.3) is 0 Å². The van der Waals surface area contributed by atoms with Crippen LogP contribution in [0.4, 0.5) is 5.00 Å². The predicted octanol–water partition coefficient (Wildman–Crippen LogP) is 2.06. The highest BCUT2D eigenvalue weighted by Crippen LogP contribution is 2.38. The molecular formula is C17H22N2O5S. The van der Waals surface area contributed by atoms with Gasteiger partial charge in [-0.05, 0) is 57.2 Å². The number of amides is 1. The Bertz CT molecular complexity index is 691. The third kappa shape index (κ3) is 4.01. The molecule has 0 aromatic carbocycles. The Morgan fingerprint density at radius 3 is 2.44 bits per heavy atom. The van der Waals surface area contributed by atoms with E-state index < -0.39 is 11.9 Å². The van der Waals surface area contributed by atoms with Crippen LogP contribution >= 0.6 is 11.3 Å². The molecule has 1 amide bonds. The van der Waals surface area contributed by atoms with Gasteiger partial charge in [-0.15, -0.1) is 11.3 Å². The molecule has 1 aliphatic carbocycles. The number of carboxylic acids is 2. The van der Waals surface area contributed by atoms with Gasteiger partial charge in [0.15, 0.2) is 0 Å². The number of nitrogens with zero attached hydrogens (tertiary/aromatic N) is 1. The van der Waals surface area contributed by atoms with Crippen molar-refractivity contribution in [1.82, 2.24) is 4.90 Å². The molecule has 1 aromatic rings. The van der Waals surface area contributed by atoms with E-state index in [2.05, 4.69) is 5.32 Å². The van der Waals surface area contributed by atoms with Crippen molar-refractivity contribution in [3.8, 4) is 0 Å². The van der Waals surface area contributed by atoms with Gasteiger partial charge in [0.05, 0.1) is 18.0 Å². The quantitative estimate of drug-likeness (QED) is 0.736. The first-order chi connectivity index (χ1) is 12.0. The van der Waals surface area contributed by atoms with E-state index in [1.807, 2.05) is 4.90 Å². The van der Waals surface area contributed by atoms with Crippen molar-refractivity contribution in [2.24, 2.45) is 5.92 Å². The monoisotopic (exact) mass is 366 g/mol. The van der Waals surface area contributed by atoms with Crippen molar-refractivity contribution < 1.29 is 24.6 Å². The molecule has 25 heavy (non-hydrogen) atoms. The largest absolute Gasteiger partial charge is 0.481 e. The van der Waals surface area contributed by atoms with Gasteiger partial charge in [-0.1, -0.05) is 0 Å². The highest BCUT2D eigenvalue weighted by atomic mass is 32.1. The maximum absolute atomic E-state index is 12.3. The number of piperidine rings is 1. The summed E-state index contributed by atoms with van der Waals surface area (Å²) < 4.78 is 0. The Morgan fingerprint density at radius 1 is 1.12 bits per heavy atom. The highest BCUT2D eigenvalue weighted by Gasteiger charge is 2.28. The lowest BCUT2D eigenvalue weighted by Crippen LogP contribution is -2.40. The third-order valence-corrected chi connectivity index (χ3v) is 6.15. The number of likely N-dealkylation sites (tertiary alicyclic amines) is 1. The van der Waals surface area contributed by atoms with E-state index >= 15 is 0 Å². The van der Waals surface area contributed by atoms with Gasteiger partial charge in [0.1, 0.15) is 5.00 Å². The fourth-order valence-electron chi connectivity index (χ4n) is 3.59. The molecule has 1 fully saturated rings. The first kappa shape index (κ1) is 17.9. The van der Waals surface area contributed by atoms with Crippen molar-refractivity contribution in [3.63, 3.8) is 0 Å². The first-order valence-corrected chi connectivity index (χ1v) is 9.40. The summed E-state index contributed by atoms with van der Waals surface area (Å²) in [7, 11) is 0. The number of rotatable bonds is 5. The molecule has 0 radical (unpaired) electrons. The van der Waals surface area contributed by atoms with Gasteiger partial charge in [-0.2, -0.15) is 0 Å². The van der Waals surface area contributed by atoms with Crippen molar-refractivity contribution in [1.29, 1.82) is 0 Å². The number of carbonyl (C=O) groups excluding carboxylic acids is 1. The van der Waals surface area contributed by atoms with Crippen LogP contribution in [0.15, 0.2) is 0 Å². The predicted molar refractivity (Wildman–Crippen MR) is 93.3 cm³/mol. The van der Waals surface area contributed by atoms with Crippen molar-refractivity contribution in [2.45, 2.75) is 38.5 Å². The summed E-state index contributed by atoms with van der Waals surface area (Å²) in [5, 5.41) is 21.7. The summed E-state index contributed by atoms with van der Waals surface area (Å²) in [6.45, 7) is 1.29. The van der Waals surface area contributed by atoms with Crippen LogP contribution < -0.4 is 5.32 Å². The lowest BCUT2D eigenvalue weighted by molar-refractivity contribution is -0.143. The minimum absolute atomic E-state index is 0.161. The Hall–Kier alpha value is -1.93. The first-order valence-electron chi connectivity index (χ1n) is 8.58. The van der Waals surface area contributed by atoms with Gasteiger partial charge in [-0.25, -0.2) is 4.79 Å². The lowest BCUT2D eigenvalue weighted by atomic mass is 9.95. The van der Waals surface area contributed by atoms with Gasteiger partial charge in [-0.3, -0.25) is 14.5 Å². The second kappa shape index (κ2) is 7.53. The van der Waals surface area contributed by atoms with Crippen LogP contribution in [-0.4, -0.2) is 52.6 Å². The van der Waals surface area contributed by atoms with E-state index in [0.29, 0.717) is 30.9 Å². The SMILES string of the molecule is O=C(CN1CCC(C(=O)O)CC1)Nc1sc2c(c1C(=O)O)CCCC2. The molecule has 2 aliphatic rings. The third-order valence-electron chi connectivity index (χ3n) is 4.94. The number of aryl methyl sites for hydroxylation is 1. The summed E-state index contributed by atoms with van der Waals surface area (Å²) in [4.78, 5) is 37.9. The maximum Gasteiger partial charge on any atom is 0.339 e. The number of carboxylic acid groups (broad SMARTS) is 2. The standard InChI is InChI=1S/C17H22N2O5S/c20-13(9-19-7-5-10(6-8-19)16(21)22)18-15-14(17(23)24)11-3-1-2-4-12(11)25-15/h10H,1-9H2,(H,18,20)(H,21,22)(H,23,24). The van der Waals surface area contributed by atoms with E-state index in [0.717, 1.165) is 36.1 Å². The zero-order valence-corrected chi connectivity index (χ0v) is 14.7. The van der Waals surface area contributed by atoms with Gasteiger partial charge in [0, 0.05) is 4.88 Å². The second-order valence-corrected chi connectivity index (χ2v) is 7.76. The van der Waals surface area contributed by atoms with Gasteiger partial charge < -0.3 is 15.5 Å². The molecule has 8 heteroatoms. The Morgan fingerprint density at radius 2 is 1.80 bits per heavy atom. The van der Waals surface area contributed by atoms with E-state index in [1.165, 1.54) is 11.3 Å². The average molecular weight is 366 g/mol. The lowest BCUT2D eigenvalue weighted by Gasteiger charge is -2.29. The molecule has 1 saturated heterocycles. The molecule has 3 N–H and O–H groups in total. The molecule has 0 atom stereocenters. The average Bonchev–Trinajstić information content (AvgIpc) is 2.92. The summed E-state index contributed by atoms with van der Waals surface area (Å²) in [6.07, 6.45) is 4.74. The number of hydrogen-bond acceptors (Lipinski definition) is 5. The van der Waals surface area contributed by atoms with Crippen LogP contribution in [-0.2, 0) is 22.4 Å². The molecule has 0 bridgehead atoms. The molecule has 1 aliphatic heterocycles. The van der Waals surface area contributed by atoms with Crippen LogP contribution in [0, 0.1) is 5.92 Å². The molecule has 3 rings (SSSR count). The van der Waals surface area contributed by atoms with Gasteiger partial charge in [0.25, 0.3) is 0 Å². The molecule has 0 unspecified atom stereocenters. The zero-order valence-electron chi connectivity index (χ0n) is 13.9. The highest BCUT2D eigenvalue weighted by molar-refractivity contribution is 7.17. The Balaban J connectivity index is 1.63. The normalized spacial score (nSPS) is 18.6.